The number of thiazole rings is 1. The minimum Gasteiger partial charge on any atom is -0.508 e. The molecule has 0 aliphatic carbocycles. The summed E-state index contributed by atoms with van der Waals surface area (Å²) in [5.74, 6) is -0.761. The lowest BCUT2D eigenvalue weighted by Crippen LogP contribution is -2.51. The summed E-state index contributed by atoms with van der Waals surface area (Å²) >= 11 is 8.61. The third-order valence-corrected chi connectivity index (χ3v) is 19.9. The number of aromatic hydroxyl groups is 1. The van der Waals surface area contributed by atoms with Crippen LogP contribution in [0.2, 0.25) is 5.02 Å². The number of carbonyl (C=O) groups excluding carboxylic acids is 3. The highest BCUT2D eigenvalue weighted by Crippen LogP contribution is 2.46. The van der Waals surface area contributed by atoms with Crippen molar-refractivity contribution in [1.29, 1.82) is 0 Å². The van der Waals surface area contributed by atoms with Gasteiger partial charge in [-0.15, -0.1) is 11.3 Å². The number of phenolic OH excluding ortho intramolecular Hbond substituents is 1. The second-order valence-electron chi connectivity index (χ2n) is 24.4. The normalized spacial score (nSPS) is 24.0. The van der Waals surface area contributed by atoms with Crippen molar-refractivity contribution in [2.45, 2.75) is 120 Å². The number of nitrogens with one attached hydrogen (secondary N) is 2. The van der Waals surface area contributed by atoms with E-state index in [-0.39, 0.29) is 101 Å². The van der Waals surface area contributed by atoms with Crippen LogP contribution in [-0.2, 0) is 14.3 Å². The number of rotatable bonds is 15. The smallest absolute Gasteiger partial charge is 0.409 e. The van der Waals surface area contributed by atoms with E-state index in [9.17, 15) is 24.6 Å². The van der Waals surface area contributed by atoms with Crippen molar-refractivity contribution in [2.24, 2.45) is 5.92 Å². The van der Waals surface area contributed by atoms with Gasteiger partial charge in [-0.25, -0.2) is 14.2 Å². The Morgan fingerprint density at radius 1 is 0.929 bits per heavy atom. The summed E-state index contributed by atoms with van der Waals surface area (Å²) in [4.78, 5) is 67.2. The zero-order valence-corrected chi connectivity index (χ0v) is 49.8. The van der Waals surface area contributed by atoms with Crippen molar-refractivity contribution < 1.29 is 43.0 Å². The lowest BCUT2D eigenvalue weighted by atomic mass is 9.91. The Morgan fingerprint density at radius 3 is 2.46 bits per heavy atom. The molecule has 3 amide bonds. The number of aliphatic hydroxyl groups excluding tert-OH is 1. The van der Waals surface area contributed by atoms with E-state index in [0.29, 0.717) is 67.6 Å². The molecule has 0 radical (unpaired) electrons. The average molecular weight is 1200 g/mol. The van der Waals surface area contributed by atoms with Crippen molar-refractivity contribution in [1.82, 2.24) is 45.4 Å². The molecule has 6 fully saturated rings. The third-order valence-electron chi connectivity index (χ3n) is 18.6. The maximum absolute atomic E-state index is 17.4. The standard InChI is InChI=1S/C63H71ClFN11O8S/c1-35(2)53(60(80)75-31-45(78)26-50(75)59(79)67-36(3)38-10-12-39(13-11-38)57-37(4)66-34-85-57)51-28-52(71-84-51)72-20-22-73(23-21-72)62(81)82-32-43-16-18-63(17-7-19-76(43)63)33-83-61-69-56-48(58(70-61)74-29-41-14-15-42(30-74)68-41)27-49(64)54(55(56)65)47-25-44(77)24-40-8-5-6-9-46(40)47/h5-6,8-13,24-25,27-28,34-36,41-43,45,50,53,68,77-78H,7,14-23,26,29-33H2,1-4H3,(H,67,79)/t36-,41?,42?,43-,45+,50-,53+,63-/m0/s1. The monoisotopic (exact) mass is 1200 g/mol. The van der Waals surface area contributed by atoms with Crippen molar-refractivity contribution >= 4 is 74.2 Å². The van der Waals surface area contributed by atoms with Crippen LogP contribution in [0.5, 0.6) is 11.8 Å². The van der Waals surface area contributed by atoms with Crippen LogP contribution in [0.15, 0.2) is 82.8 Å². The number of hydrogen-bond acceptors (Lipinski definition) is 17. The van der Waals surface area contributed by atoms with Gasteiger partial charge in [-0.05, 0) is 110 Å². The van der Waals surface area contributed by atoms with Gasteiger partial charge in [-0.1, -0.05) is 79.1 Å². The predicted molar refractivity (Wildman–Crippen MR) is 323 cm³/mol. The molecule has 4 aromatic carbocycles. The van der Waals surface area contributed by atoms with Crippen LogP contribution >= 0.6 is 22.9 Å². The molecular weight excluding hydrogens is 1130 g/mol. The summed E-state index contributed by atoms with van der Waals surface area (Å²) in [6, 6.07) is 21.6. The Morgan fingerprint density at radius 2 is 1.71 bits per heavy atom. The van der Waals surface area contributed by atoms with Crippen LogP contribution in [0.1, 0.15) is 94.7 Å². The third kappa shape index (κ3) is 11.0. The van der Waals surface area contributed by atoms with Gasteiger partial charge in [0.25, 0.3) is 0 Å². The van der Waals surface area contributed by atoms with E-state index in [1.165, 1.54) is 11.0 Å². The number of nitrogens with zero attached hydrogens (tertiary/aromatic N) is 9. The predicted octanol–water partition coefficient (Wildman–Crippen LogP) is 9.22. The molecule has 6 aliphatic heterocycles. The van der Waals surface area contributed by atoms with Gasteiger partial charge >= 0.3 is 12.1 Å². The number of fused-ring (bicyclic) bond motifs is 5. The first-order chi connectivity index (χ1) is 41.1. The average Bonchev–Trinajstić information content (AvgIpc) is 2.46. The molecule has 7 aromatic rings. The number of piperazine rings is 2. The summed E-state index contributed by atoms with van der Waals surface area (Å²) in [5.41, 5.74) is 5.11. The summed E-state index contributed by atoms with van der Waals surface area (Å²) in [7, 11) is 0. The molecule has 9 heterocycles. The number of aryl methyl sites for hydroxylation is 1. The number of aromatic nitrogens is 4. The Bertz CT molecular complexity index is 3660. The Hall–Kier alpha value is -7.17. The number of ether oxygens (including phenoxy) is 2. The zero-order valence-electron chi connectivity index (χ0n) is 48.2. The van der Waals surface area contributed by atoms with Gasteiger partial charge in [0.15, 0.2) is 17.4 Å². The molecule has 19 nitrogen and oxygen atoms in total. The number of benzene rings is 4. The number of amides is 3. The summed E-state index contributed by atoms with van der Waals surface area (Å²) < 4.78 is 36.0. The zero-order chi connectivity index (χ0) is 58.8. The van der Waals surface area contributed by atoms with Crippen molar-refractivity contribution in [3.05, 3.63) is 106 Å². The minimum absolute atomic E-state index is 0.00313. The first kappa shape index (κ1) is 56.9. The number of carbonyl (C=O) groups is 3. The fraction of sp³-hybridized carbons (Fsp3) is 0.476. The van der Waals surface area contributed by atoms with Crippen LogP contribution < -0.4 is 25.2 Å². The molecule has 85 heavy (non-hydrogen) atoms. The van der Waals surface area contributed by atoms with E-state index in [1.54, 1.807) is 34.4 Å². The molecule has 0 saturated carbocycles. The molecule has 6 saturated heterocycles. The molecule has 4 N–H and O–H groups in total. The fourth-order valence-electron chi connectivity index (χ4n) is 14.2. The molecule has 3 aromatic heterocycles. The molecule has 2 bridgehead atoms. The van der Waals surface area contributed by atoms with Gasteiger partial charge in [0, 0.05) is 87.4 Å². The highest BCUT2D eigenvalue weighted by atomic mass is 35.5. The van der Waals surface area contributed by atoms with E-state index in [1.807, 2.05) is 86.6 Å². The van der Waals surface area contributed by atoms with E-state index in [4.69, 9.17) is 35.6 Å². The van der Waals surface area contributed by atoms with E-state index in [0.717, 1.165) is 77.5 Å². The first-order valence-corrected chi connectivity index (χ1v) is 31.1. The second kappa shape index (κ2) is 23.3. The van der Waals surface area contributed by atoms with E-state index < -0.39 is 30.0 Å². The quantitative estimate of drug-likeness (QED) is 0.0753. The molecular formula is C63H71ClFN11O8S. The lowest BCUT2D eigenvalue weighted by Gasteiger charge is -2.36. The number of likely N-dealkylation sites (tertiary alicyclic amines) is 1. The van der Waals surface area contributed by atoms with E-state index >= 15 is 4.39 Å². The van der Waals surface area contributed by atoms with Crippen LogP contribution in [-0.4, -0.2) is 164 Å². The number of hydrogen-bond donors (Lipinski definition) is 4. The maximum atomic E-state index is 17.4. The number of aliphatic hydroxyl groups is 1. The maximum Gasteiger partial charge on any atom is 0.409 e. The molecule has 6 aliphatic rings. The summed E-state index contributed by atoms with van der Waals surface area (Å²) in [6.45, 7) is 12.1. The number of anilines is 2. The molecule has 2 unspecified atom stereocenters. The lowest BCUT2D eigenvalue weighted by molar-refractivity contribution is -0.141. The topological polar surface area (TPSA) is 215 Å². The van der Waals surface area contributed by atoms with Crippen molar-refractivity contribution in [3.8, 4) is 33.3 Å². The number of phenols is 1. The molecule has 446 valence electrons. The fourth-order valence-corrected chi connectivity index (χ4v) is 15.3. The van der Waals surface area contributed by atoms with Gasteiger partial charge in [-0.2, -0.15) is 9.97 Å². The number of halogens is 2. The SMILES string of the molecule is Cc1ncsc1-c1ccc([C@H](C)NC(=O)[C@@H]2C[C@@H](O)CN2C(=O)[C@@H](c2cc(N3CCN(C(=O)OC[C@@H]4CC[C@]5(COc6nc(N7CC8CCC(C7)N8)c7cc(Cl)c(-c8cc(O)cc9ccccc89)c(F)c7n6)CCCN45)CC3)no2)C(C)C)cc1. The van der Waals surface area contributed by atoms with Gasteiger partial charge < -0.3 is 54.4 Å². The van der Waals surface area contributed by atoms with Crippen LogP contribution in [0.3, 0.4) is 0 Å². The Balaban J connectivity index is 0.632. The van der Waals surface area contributed by atoms with E-state index in [2.05, 4.69) is 30.6 Å². The number of β-amino-alcohol motifs (C(OH)–C–C–N with tert-alkyl or cyclic N) is 1. The molecule has 22 heteroatoms. The molecule has 8 atom stereocenters. The van der Waals surface area contributed by atoms with Crippen molar-refractivity contribution in [2.75, 3.05) is 75.4 Å². The van der Waals surface area contributed by atoms with Crippen LogP contribution in [0.25, 0.3) is 43.2 Å². The van der Waals surface area contributed by atoms with Crippen LogP contribution in [0.4, 0.5) is 20.8 Å². The Kier molecular flexibility index (Phi) is 15.6. The second-order valence-corrected chi connectivity index (χ2v) is 25.7. The van der Waals surface area contributed by atoms with Gasteiger partial charge in [0.05, 0.1) is 38.8 Å². The summed E-state index contributed by atoms with van der Waals surface area (Å²) in [5, 5.41) is 34.9. The Labute approximate surface area is 501 Å². The highest BCUT2D eigenvalue weighted by Gasteiger charge is 2.51. The largest absolute Gasteiger partial charge is 0.508 e. The summed E-state index contributed by atoms with van der Waals surface area (Å²) in [6.07, 6.45) is 4.40. The van der Waals surface area contributed by atoms with Crippen molar-refractivity contribution in [3.63, 3.8) is 0 Å². The molecule has 0 spiro atoms. The first-order valence-electron chi connectivity index (χ1n) is 29.8. The van der Waals surface area contributed by atoms with Crippen LogP contribution in [0, 0.1) is 18.7 Å². The van der Waals surface area contributed by atoms with Gasteiger partial charge in [0.2, 0.25) is 11.8 Å². The van der Waals surface area contributed by atoms with Gasteiger partial charge in [-0.3, -0.25) is 14.5 Å². The molecule has 13 rings (SSSR count). The minimum atomic E-state index is -0.866. The highest BCUT2D eigenvalue weighted by molar-refractivity contribution is 7.13. The van der Waals surface area contributed by atoms with Gasteiger partial charge in [0.1, 0.15) is 42.3 Å².